The summed E-state index contributed by atoms with van der Waals surface area (Å²) >= 11 is 0. The minimum Gasteiger partial charge on any atom is -0.364 e. The molecular weight excluding hydrogens is 317 g/mol. The average Bonchev–Trinajstić information content (AvgIpc) is 2.66. The molecule has 6 heteroatoms. The highest BCUT2D eigenvalue weighted by Gasteiger charge is 2.42. The standard InChI is InChI=1S/C17H24FNO3S/c1-16(2)9-10-19(11-12-23(16)21)15(20)17(3,22-4)13-7-5-6-8-14(13)18/h5-8H,9-12H2,1-4H3. The van der Waals surface area contributed by atoms with E-state index in [1.165, 1.54) is 13.2 Å². The van der Waals surface area contributed by atoms with Crippen molar-refractivity contribution in [2.45, 2.75) is 37.5 Å². The van der Waals surface area contributed by atoms with Gasteiger partial charge in [0, 0.05) is 47.1 Å². The van der Waals surface area contributed by atoms with E-state index in [0.29, 0.717) is 25.3 Å². The molecule has 0 N–H and O–H groups in total. The van der Waals surface area contributed by atoms with Crippen LogP contribution in [0.5, 0.6) is 0 Å². The molecule has 2 atom stereocenters. The Kier molecular flexibility index (Phi) is 5.26. The van der Waals surface area contributed by atoms with Gasteiger partial charge >= 0.3 is 0 Å². The molecule has 128 valence electrons. The first-order chi connectivity index (χ1) is 10.7. The van der Waals surface area contributed by atoms with Crippen LogP contribution in [0, 0.1) is 5.82 Å². The van der Waals surface area contributed by atoms with Crippen LogP contribution in [0.4, 0.5) is 4.39 Å². The molecular formula is C17H24FNO3S. The summed E-state index contributed by atoms with van der Waals surface area (Å²) in [6.45, 7) is 6.36. The third-order valence-corrected chi connectivity index (χ3v) is 6.63. The second kappa shape index (κ2) is 6.69. The second-order valence-corrected chi connectivity index (χ2v) is 8.77. The van der Waals surface area contributed by atoms with Crippen molar-refractivity contribution in [2.75, 3.05) is 26.0 Å². The Bertz CT molecular complexity index is 620. The zero-order chi connectivity index (χ0) is 17.3. The Balaban J connectivity index is 2.30. The highest BCUT2D eigenvalue weighted by molar-refractivity contribution is 7.86. The van der Waals surface area contributed by atoms with Crippen LogP contribution in [-0.4, -0.2) is 45.7 Å². The predicted molar refractivity (Wildman–Crippen MR) is 89.0 cm³/mol. The summed E-state index contributed by atoms with van der Waals surface area (Å²) in [5.74, 6) is -0.334. The van der Waals surface area contributed by atoms with Gasteiger partial charge in [0.1, 0.15) is 5.82 Å². The smallest absolute Gasteiger partial charge is 0.259 e. The Morgan fingerprint density at radius 2 is 2.00 bits per heavy atom. The number of benzene rings is 1. The van der Waals surface area contributed by atoms with Gasteiger partial charge in [-0.1, -0.05) is 18.2 Å². The fourth-order valence-electron chi connectivity index (χ4n) is 2.76. The Labute approximate surface area is 139 Å². The number of rotatable bonds is 3. The summed E-state index contributed by atoms with van der Waals surface area (Å²) in [4.78, 5) is 14.7. The number of halogens is 1. The number of ether oxygens (including phenoxy) is 1. The van der Waals surface area contributed by atoms with E-state index in [0.717, 1.165) is 0 Å². The van der Waals surface area contributed by atoms with Gasteiger partial charge in [-0.05, 0) is 33.3 Å². The molecule has 1 aliphatic rings. The zero-order valence-electron chi connectivity index (χ0n) is 14.1. The Morgan fingerprint density at radius 1 is 1.35 bits per heavy atom. The summed E-state index contributed by atoms with van der Waals surface area (Å²) < 4.78 is 31.5. The van der Waals surface area contributed by atoms with E-state index >= 15 is 0 Å². The molecule has 0 radical (unpaired) electrons. The maximum atomic E-state index is 14.2. The van der Waals surface area contributed by atoms with Gasteiger partial charge in [-0.15, -0.1) is 0 Å². The van der Waals surface area contributed by atoms with Crippen LogP contribution in [0.15, 0.2) is 24.3 Å². The molecule has 0 aromatic heterocycles. The number of methoxy groups -OCH3 is 1. The largest absolute Gasteiger partial charge is 0.364 e. The molecule has 2 rings (SSSR count). The molecule has 1 amide bonds. The Hall–Kier alpha value is -1.27. The first-order valence-corrected chi connectivity index (χ1v) is 9.02. The topological polar surface area (TPSA) is 46.6 Å². The van der Waals surface area contributed by atoms with Crippen molar-refractivity contribution in [3.8, 4) is 0 Å². The van der Waals surface area contributed by atoms with Gasteiger partial charge in [-0.2, -0.15) is 0 Å². The third kappa shape index (κ3) is 3.48. The van der Waals surface area contributed by atoms with Crippen LogP contribution in [0.2, 0.25) is 0 Å². The van der Waals surface area contributed by atoms with Crippen molar-refractivity contribution in [3.05, 3.63) is 35.6 Å². The Morgan fingerprint density at radius 3 is 2.61 bits per heavy atom. The maximum Gasteiger partial charge on any atom is 0.259 e. The lowest BCUT2D eigenvalue weighted by molar-refractivity contribution is -0.154. The minimum absolute atomic E-state index is 0.220. The van der Waals surface area contributed by atoms with Crippen LogP contribution in [-0.2, 0) is 25.9 Å². The highest BCUT2D eigenvalue weighted by atomic mass is 32.2. The summed E-state index contributed by atoms with van der Waals surface area (Å²) in [5, 5.41) is 0. The summed E-state index contributed by atoms with van der Waals surface area (Å²) in [5.41, 5.74) is -1.17. The summed E-state index contributed by atoms with van der Waals surface area (Å²) in [6, 6.07) is 6.15. The van der Waals surface area contributed by atoms with E-state index in [1.807, 2.05) is 13.8 Å². The highest BCUT2D eigenvalue weighted by Crippen LogP contribution is 2.31. The van der Waals surface area contributed by atoms with Gasteiger partial charge in [0.15, 0.2) is 5.60 Å². The molecule has 1 heterocycles. The van der Waals surface area contributed by atoms with E-state index in [2.05, 4.69) is 0 Å². The number of amides is 1. The number of hydrogen-bond acceptors (Lipinski definition) is 3. The van der Waals surface area contributed by atoms with Crippen molar-refractivity contribution >= 4 is 16.7 Å². The molecule has 2 unspecified atom stereocenters. The molecule has 4 nitrogen and oxygen atoms in total. The number of carbonyl (C=O) groups is 1. The zero-order valence-corrected chi connectivity index (χ0v) is 14.9. The van der Waals surface area contributed by atoms with Crippen LogP contribution in [0.3, 0.4) is 0 Å². The van der Waals surface area contributed by atoms with Crippen LogP contribution < -0.4 is 0 Å². The molecule has 1 aromatic rings. The molecule has 1 saturated heterocycles. The van der Waals surface area contributed by atoms with Gasteiger partial charge in [0.05, 0.1) is 0 Å². The monoisotopic (exact) mass is 341 g/mol. The van der Waals surface area contributed by atoms with Crippen molar-refractivity contribution in [3.63, 3.8) is 0 Å². The lowest BCUT2D eigenvalue weighted by Gasteiger charge is -2.33. The van der Waals surface area contributed by atoms with Crippen LogP contribution in [0.25, 0.3) is 0 Å². The fourth-order valence-corrected chi connectivity index (χ4v) is 4.02. The number of hydrogen-bond donors (Lipinski definition) is 0. The first-order valence-electron chi connectivity index (χ1n) is 7.70. The quantitative estimate of drug-likeness (QED) is 0.848. The van der Waals surface area contributed by atoms with Gasteiger partial charge in [-0.3, -0.25) is 9.00 Å². The van der Waals surface area contributed by atoms with E-state index in [1.54, 1.807) is 30.0 Å². The fraction of sp³-hybridized carbons (Fsp3) is 0.588. The molecule has 0 aliphatic carbocycles. The van der Waals surface area contributed by atoms with E-state index < -0.39 is 22.2 Å². The van der Waals surface area contributed by atoms with Crippen LogP contribution in [0.1, 0.15) is 32.8 Å². The van der Waals surface area contributed by atoms with Gasteiger partial charge in [0.25, 0.3) is 5.91 Å². The van der Waals surface area contributed by atoms with Gasteiger partial charge < -0.3 is 9.64 Å². The molecule has 1 fully saturated rings. The van der Waals surface area contributed by atoms with E-state index in [4.69, 9.17) is 4.74 Å². The van der Waals surface area contributed by atoms with Crippen molar-refractivity contribution < 1.29 is 18.1 Å². The first kappa shape index (κ1) is 18.1. The minimum atomic E-state index is -1.39. The second-order valence-electron chi connectivity index (χ2n) is 6.57. The van der Waals surface area contributed by atoms with E-state index in [9.17, 15) is 13.4 Å². The lowest BCUT2D eigenvalue weighted by atomic mass is 9.93. The van der Waals surface area contributed by atoms with Crippen LogP contribution >= 0.6 is 0 Å². The molecule has 0 spiro atoms. The predicted octanol–water partition coefficient (Wildman–Crippen LogP) is 2.45. The molecule has 1 aromatic carbocycles. The molecule has 0 bridgehead atoms. The maximum absolute atomic E-state index is 14.2. The normalized spacial score (nSPS) is 23.9. The summed E-state index contributed by atoms with van der Waals surface area (Å²) in [6.07, 6.45) is 0.641. The molecule has 0 saturated carbocycles. The third-order valence-electron chi connectivity index (χ3n) is 4.64. The van der Waals surface area contributed by atoms with Gasteiger partial charge in [-0.25, -0.2) is 4.39 Å². The molecule has 23 heavy (non-hydrogen) atoms. The van der Waals surface area contributed by atoms with Crippen molar-refractivity contribution in [1.82, 2.24) is 4.90 Å². The molecule has 1 aliphatic heterocycles. The van der Waals surface area contributed by atoms with Gasteiger partial charge in [0.2, 0.25) is 0 Å². The lowest BCUT2D eigenvalue weighted by Crippen LogP contribution is -2.47. The number of nitrogens with zero attached hydrogens (tertiary/aromatic N) is 1. The SMILES string of the molecule is COC(C)(C(=O)N1CCS(=O)C(C)(C)CC1)c1ccccc1F. The number of carbonyl (C=O) groups excluding carboxylic acids is 1. The van der Waals surface area contributed by atoms with E-state index in [-0.39, 0.29) is 16.2 Å². The van der Waals surface area contributed by atoms with Crippen molar-refractivity contribution in [2.24, 2.45) is 0 Å². The summed E-state index contributed by atoms with van der Waals surface area (Å²) in [7, 11) is 0.415. The van der Waals surface area contributed by atoms with Crippen molar-refractivity contribution in [1.29, 1.82) is 0 Å². The average molecular weight is 341 g/mol.